The lowest BCUT2D eigenvalue weighted by molar-refractivity contribution is 0.229. The predicted molar refractivity (Wildman–Crippen MR) is 75.7 cm³/mol. The molecule has 0 nitrogen and oxygen atoms in total. The van der Waals surface area contributed by atoms with Crippen LogP contribution >= 0.6 is 0 Å². The zero-order chi connectivity index (χ0) is 12.8. The van der Waals surface area contributed by atoms with E-state index in [9.17, 15) is 0 Å². The van der Waals surface area contributed by atoms with Gasteiger partial charge in [0.15, 0.2) is 0 Å². The van der Waals surface area contributed by atoms with Gasteiger partial charge in [-0.3, -0.25) is 0 Å². The van der Waals surface area contributed by atoms with Crippen LogP contribution in [-0.4, -0.2) is 0 Å². The third-order valence-electron chi connectivity index (χ3n) is 4.05. The highest BCUT2D eigenvalue weighted by Crippen LogP contribution is 2.31. The second-order valence-corrected chi connectivity index (χ2v) is 7.27. The maximum atomic E-state index is 2.43. The highest BCUT2D eigenvalue weighted by molar-refractivity contribution is 4.70. The fraction of sp³-hybridized carbons (Fsp3) is 1.00. The molecule has 0 saturated carbocycles. The van der Waals surface area contributed by atoms with Crippen LogP contribution in [0.5, 0.6) is 0 Å². The zero-order valence-corrected chi connectivity index (χ0v) is 12.8. The molecule has 0 rings (SSSR count). The first-order valence-electron chi connectivity index (χ1n) is 7.23. The Bertz CT molecular complexity index is 161. The molecule has 0 heterocycles. The van der Waals surface area contributed by atoms with Crippen LogP contribution in [0, 0.1) is 23.2 Å². The van der Waals surface area contributed by atoms with E-state index in [-0.39, 0.29) is 0 Å². The topological polar surface area (TPSA) is 0 Å². The van der Waals surface area contributed by atoms with E-state index in [2.05, 4.69) is 48.5 Å². The van der Waals surface area contributed by atoms with Gasteiger partial charge in [-0.25, -0.2) is 0 Å². The molecule has 0 N–H and O–H groups in total. The van der Waals surface area contributed by atoms with Crippen molar-refractivity contribution in [3.8, 4) is 0 Å². The Labute approximate surface area is 104 Å². The second-order valence-electron chi connectivity index (χ2n) is 7.27. The Balaban J connectivity index is 3.61. The summed E-state index contributed by atoms with van der Waals surface area (Å²) in [6.07, 6.45) is 7.06. The van der Waals surface area contributed by atoms with Gasteiger partial charge < -0.3 is 0 Å². The minimum absolute atomic E-state index is 0.484. The summed E-state index contributed by atoms with van der Waals surface area (Å²) in [6.45, 7) is 16.6. The van der Waals surface area contributed by atoms with Gasteiger partial charge in [0, 0.05) is 0 Å². The van der Waals surface area contributed by atoms with Crippen molar-refractivity contribution in [2.75, 3.05) is 0 Å². The maximum Gasteiger partial charge on any atom is -0.0357 e. The average molecular weight is 226 g/mol. The van der Waals surface area contributed by atoms with Crippen molar-refractivity contribution < 1.29 is 0 Å². The average Bonchev–Trinajstić information content (AvgIpc) is 2.11. The molecule has 98 valence electrons. The van der Waals surface area contributed by atoms with Gasteiger partial charge in [0.1, 0.15) is 0 Å². The van der Waals surface area contributed by atoms with Crippen LogP contribution in [0.15, 0.2) is 0 Å². The van der Waals surface area contributed by atoms with Gasteiger partial charge in [0.2, 0.25) is 0 Å². The molecule has 0 radical (unpaired) electrons. The van der Waals surface area contributed by atoms with Crippen LogP contribution in [0.25, 0.3) is 0 Å². The number of hydrogen-bond acceptors (Lipinski definition) is 0. The van der Waals surface area contributed by atoms with E-state index in [0.717, 1.165) is 17.8 Å². The van der Waals surface area contributed by atoms with Gasteiger partial charge in [-0.2, -0.15) is 0 Å². The van der Waals surface area contributed by atoms with E-state index in [1.165, 1.54) is 32.1 Å². The largest absolute Gasteiger partial charge is 0.0628 e. The smallest absolute Gasteiger partial charge is 0.0357 e. The molecule has 0 aliphatic rings. The van der Waals surface area contributed by atoms with E-state index in [1.54, 1.807) is 0 Å². The molecule has 2 unspecified atom stereocenters. The third-order valence-corrected chi connectivity index (χ3v) is 4.05. The van der Waals surface area contributed by atoms with Crippen LogP contribution in [0.4, 0.5) is 0 Å². The Morgan fingerprint density at radius 1 is 0.750 bits per heavy atom. The van der Waals surface area contributed by atoms with E-state index in [0.29, 0.717) is 5.41 Å². The molecular weight excluding hydrogens is 192 g/mol. The molecule has 0 aliphatic heterocycles. The van der Waals surface area contributed by atoms with Crippen LogP contribution in [-0.2, 0) is 0 Å². The van der Waals surface area contributed by atoms with Crippen molar-refractivity contribution in [2.24, 2.45) is 23.2 Å². The Morgan fingerprint density at radius 2 is 1.31 bits per heavy atom. The van der Waals surface area contributed by atoms with Gasteiger partial charge in [0.05, 0.1) is 0 Å². The van der Waals surface area contributed by atoms with Crippen molar-refractivity contribution in [3.05, 3.63) is 0 Å². The number of hydrogen-bond donors (Lipinski definition) is 0. The Hall–Kier alpha value is 0. The molecule has 0 saturated heterocycles. The van der Waals surface area contributed by atoms with Crippen molar-refractivity contribution in [3.63, 3.8) is 0 Å². The lowest BCUT2D eigenvalue weighted by atomic mass is 9.78. The molecule has 0 aliphatic carbocycles. The van der Waals surface area contributed by atoms with Crippen LogP contribution in [0.2, 0.25) is 0 Å². The fourth-order valence-electron chi connectivity index (χ4n) is 1.99. The van der Waals surface area contributed by atoms with Gasteiger partial charge in [0.25, 0.3) is 0 Å². The minimum atomic E-state index is 0.484. The third kappa shape index (κ3) is 8.19. The van der Waals surface area contributed by atoms with E-state index < -0.39 is 0 Å². The molecule has 0 aromatic carbocycles. The summed E-state index contributed by atoms with van der Waals surface area (Å²) in [5.41, 5.74) is 0.484. The molecule has 0 aromatic rings. The predicted octanol–water partition coefficient (Wildman–Crippen LogP) is 5.91. The second kappa shape index (κ2) is 7.35. The first-order chi connectivity index (χ1) is 7.23. The first kappa shape index (κ1) is 16.0. The summed E-state index contributed by atoms with van der Waals surface area (Å²) in [5, 5.41) is 0. The van der Waals surface area contributed by atoms with Crippen molar-refractivity contribution in [1.82, 2.24) is 0 Å². The first-order valence-corrected chi connectivity index (χ1v) is 7.23. The van der Waals surface area contributed by atoms with Crippen molar-refractivity contribution in [1.29, 1.82) is 0 Å². The van der Waals surface area contributed by atoms with E-state index in [4.69, 9.17) is 0 Å². The summed E-state index contributed by atoms with van der Waals surface area (Å²) >= 11 is 0. The molecule has 0 aromatic heterocycles. The highest BCUT2D eigenvalue weighted by atomic mass is 14.3. The summed E-state index contributed by atoms with van der Waals surface area (Å²) in [7, 11) is 0. The normalized spacial score (nSPS) is 16.5. The Morgan fingerprint density at radius 3 is 1.75 bits per heavy atom. The molecule has 0 spiro atoms. The van der Waals surface area contributed by atoms with Gasteiger partial charge in [-0.15, -0.1) is 0 Å². The van der Waals surface area contributed by atoms with Gasteiger partial charge >= 0.3 is 0 Å². The Kier molecular flexibility index (Phi) is 7.35. The lowest BCUT2D eigenvalue weighted by Gasteiger charge is -2.28. The zero-order valence-electron chi connectivity index (χ0n) is 12.8. The van der Waals surface area contributed by atoms with E-state index >= 15 is 0 Å². The maximum absolute atomic E-state index is 2.43. The van der Waals surface area contributed by atoms with Crippen LogP contribution in [0.1, 0.15) is 80.6 Å². The summed E-state index contributed by atoms with van der Waals surface area (Å²) in [6, 6.07) is 0. The molecule has 0 fully saturated rings. The summed E-state index contributed by atoms with van der Waals surface area (Å²) < 4.78 is 0. The molecule has 0 heteroatoms. The van der Waals surface area contributed by atoms with Crippen LogP contribution in [0.3, 0.4) is 0 Å². The number of rotatable bonds is 7. The molecule has 0 amide bonds. The fourth-order valence-corrected chi connectivity index (χ4v) is 1.99. The van der Waals surface area contributed by atoms with Crippen LogP contribution < -0.4 is 0 Å². The van der Waals surface area contributed by atoms with Crippen molar-refractivity contribution >= 4 is 0 Å². The SMILES string of the molecule is CC(C)CCCC(C)CCC(C)C(C)(C)C. The lowest BCUT2D eigenvalue weighted by Crippen LogP contribution is -2.17. The summed E-state index contributed by atoms with van der Waals surface area (Å²) in [5.74, 6) is 2.64. The minimum Gasteiger partial charge on any atom is -0.0628 e. The van der Waals surface area contributed by atoms with Gasteiger partial charge in [-0.05, 0) is 29.6 Å². The molecule has 0 bridgehead atoms. The molecular formula is C16H34. The summed E-state index contributed by atoms with van der Waals surface area (Å²) in [4.78, 5) is 0. The van der Waals surface area contributed by atoms with E-state index in [1.807, 2.05) is 0 Å². The van der Waals surface area contributed by atoms with Crippen molar-refractivity contribution in [2.45, 2.75) is 80.6 Å². The molecule has 16 heavy (non-hydrogen) atoms. The molecule has 2 atom stereocenters. The highest BCUT2D eigenvalue weighted by Gasteiger charge is 2.20. The monoisotopic (exact) mass is 226 g/mol. The standard InChI is InChI=1S/C16H34/c1-13(2)9-8-10-14(3)11-12-15(4)16(5,6)7/h13-15H,8-12H2,1-7H3. The van der Waals surface area contributed by atoms with Gasteiger partial charge in [-0.1, -0.05) is 74.1 Å². The quantitative estimate of drug-likeness (QED) is 0.506.